The van der Waals surface area contributed by atoms with E-state index < -0.39 is 11.8 Å². The van der Waals surface area contributed by atoms with Crippen molar-refractivity contribution in [2.24, 2.45) is 11.5 Å². The molecule has 0 atom stereocenters. The van der Waals surface area contributed by atoms with E-state index >= 15 is 0 Å². The van der Waals surface area contributed by atoms with E-state index in [1.165, 1.54) is 40.6 Å². The van der Waals surface area contributed by atoms with Gasteiger partial charge in [0.05, 0.1) is 28.4 Å². The fourth-order valence-electron chi connectivity index (χ4n) is 2.50. The van der Waals surface area contributed by atoms with E-state index in [1.54, 1.807) is 48.5 Å². The maximum atomic E-state index is 10.9. The lowest BCUT2D eigenvalue weighted by atomic mass is 10.1. The number of carbonyl (C=O) groups is 2. The number of nitrogens with zero attached hydrogens (tertiary/aromatic N) is 2. The van der Waals surface area contributed by atoms with Crippen molar-refractivity contribution in [1.82, 2.24) is 0 Å². The Morgan fingerprint density at radius 2 is 1.06 bits per heavy atom. The molecule has 0 aliphatic heterocycles. The Kier molecular flexibility index (Phi) is 10.7. The minimum Gasteiger partial charge on any atom is -0.497 e. The highest BCUT2D eigenvalue weighted by molar-refractivity contribution is 6.01. The lowest BCUT2D eigenvalue weighted by Gasteiger charge is -2.07. The standard InChI is InChI=1S/2C12H12N2O3/c2*1-16-10-4-3-8(11(6-10)17-2)5-9(7-13)12(14)15/h2*3-6H,1-2H3,(H2,14,15)/b2*9-5+. The highest BCUT2D eigenvalue weighted by Crippen LogP contribution is 2.27. The van der Waals surface area contributed by atoms with E-state index in [1.807, 2.05) is 0 Å². The number of benzene rings is 2. The van der Waals surface area contributed by atoms with Crippen molar-refractivity contribution >= 4 is 24.0 Å². The van der Waals surface area contributed by atoms with Gasteiger partial charge in [-0.2, -0.15) is 10.5 Å². The number of hydrogen-bond donors (Lipinski definition) is 2. The lowest BCUT2D eigenvalue weighted by Crippen LogP contribution is -2.12. The van der Waals surface area contributed by atoms with E-state index in [-0.39, 0.29) is 11.1 Å². The predicted octanol–water partition coefficient (Wildman–Crippen LogP) is 2.19. The number of rotatable bonds is 8. The maximum Gasteiger partial charge on any atom is 0.259 e. The van der Waals surface area contributed by atoms with Crippen molar-refractivity contribution in [3.8, 4) is 35.1 Å². The van der Waals surface area contributed by atoms with Crippen LogP contribution in [0.5, 0.6) is 23.0 Å². The van der Waals surface area contributed by atoms with Gasteiger partial charge in [-0.1, -0.05) is 0 Å². The van der Waals surface area contributed by atoms with Gasteiger partial charge in [0.25, 0.3) is 11.8 Å². The second kappa shape index (κ2) is 13.5. The number of amides is 2. The van der Waals surface area contributed by atoms with Gasteiger partial charge in [0.15, 0.2) is 0 Å². The number of primary amides is 2. The summed E-state index contributed by atoms with van der Waals surface area (Å²) in [5.41, 5.74) is 11.0. The highest BCUT2D eigenvalue weighted by Gasteiger charge is 2.09. The Bertz CT molecular complexity index is 1100. The summed E-state index contributed by atoms with van der Waals surface area (Å²) in [7, 11) is 6.05. The zero-order chi connectivity index (χ0) is 25.7. The first-order chi connectivity index (χ1) is 16.2. The second-order valence-electron chi connectivity index (χ2n) is 6.28. The molecule has 0 saturated heterocycles. The average molecular weight is 464 g/mol. The van der Waals surface area contributed by atoms with Crippen LogP contribution >= 0.6 is 0 Å². The quantitative estimate of drug-likeness (QED) is 0.442. The third kappa shape index (κ3) is 7.62. The molecule has 10 nitrogen and oxygen atoms in total. The summed E-state index contributed by atoms with van der Waals surface area (Å²) in [5.74, 6) is 0.695. The number of ether oxygens (including phenoxy) is 4. The zero-order valence-corrected chi connectivity index (χ0v) is 19.1. The summed E-state index contributed by atoms with van der Waals surface area (Å²) in [6.07, 6.45) is 2.75. The van der Waals surface area contributed by atoms with Crippen molar-refractivity contribution in [3.63, 3.8) is 0 Å². The molecular weight excluding hydrogens is 440 g/mol. The normalized spacial score (nSPS) is 10.5. The largest absolute Gasteiger partial charge is 0.497 e. The molecule has 0 bridgehead atoms. The number of methoxy groups -OCH3 is 4. The number of hydrogen-bond acceptors (Lipinski definition) is 8. The third-order valence-corrected chi connectivity index (χ3v) is 4.25. The Morgan fingerprint density at radius 1 is 0.706 bits per heavy atom. The molecule has 10 heteroatoms. The molecule has 0 fully saturated rings. The maximum absolute atomic E-state index is 10.9. The first kappa shape index (κ1) is 27.1. The van der Waals surface area contributed by atoms with Gasteiger partial charge in [-0.05, 0) is 36.4 Å². The van der Waals surface area contributed by atoms with E-state index in [9.17, 15) is 9.59 Å². The van der Waals surface area contributed by atoms with Crippen molar-refractivity contribution in [2.75, 3.05) is 28.4 Å². The summed E-state index contributed by atoms with van der Waals surface area (Å²) in [6, 6.07) is 13.5. The summed E-state index contributed by atoms with van der Waals surface area (Å²) < 4.78 is 20.3. The summed E-state index contributed by atoms with van der Waals surface area (Å²) in [6.45, 7) is 0. The first-order valence-corrected chi connectivity index (χ1v) is 9.51. The first-order valence-electron chi connectivity index (χ1n) is 9.51. The topological polar surface area (TPSA) is 171 Å². The number of nitriles is 2. The van der Waals surface area contributed by atoms with Crippen molar-refractivity contribution in [3.05, 3.63) is 58.7 Å². The third-order valence-electron chi connectivity index (χ3n) is 4.25. The van der Waals surface area contributed by atoms with Gasteiger partial charge in [0, 0.05) is 23.3 Å². The SMILES string of the molecule is COc1ccc(/C=C(\C#N)C(N)=O)c(OC)c1.COc1ccc(/C=C(\C#N)C(N)=O)c(OC)c1. The van der Waals surface area contributed by atoms with E-state index in [0.29, 0.717) is 34.1 Å². The Balaban J connectivity index is 0.000000340. The zero-order valence-electron chi connectivity index (χ0n) is 19.1. The summed E-state index contributed by atoms with van der Waals surface area (Å²) >= 11 is 0. The molecule has 0 aromatic heterocycles. The van der Waals surface area contributed by atoms with Crippen LogP contribution in [0.2, 0.25) is 0 Å². The molecule has 0 heterocycles. The molecule has 2 aromatic carbocycles. The van der Waals surface area contributed by atoms with E-state index in [0.717, 1.165) is 0 Å². The molecule has 0 unspecified atom stereocenters. The molecule has 0 aliphatic rings. The molecule has 34 heavy (non-hydrogen) atoms. The van der Waals surface area contributed by atoms with Gasteiger partial charge in [0.1, 0.15) is 46.3 Å². The van der Waals surface area contributed by atoms with Gasteiger partial charge >= 0.3 is 0 Å². The Labute approximate surface area is 197 Å². The van der Waals surface area contributed by atoms with Gasteiger partial charge in [-0.15, -0.1) is 0 Å². The molecule has 2 aromatic rings. The Hall–Kier alpha value is -4.96. The van der Waals surface area contributed by atoms with E-state index in [4.69, 9.17) is 40.9 Å². The number of nitrogens with two attached hydrogens (primary N) is 2. The minimum atomic E-state index is -0.773. The van der Waals surface area contributed by atoms with Gasteiger partial charge in [-0.25, -0.2) is 0 Å². The van der Waals surface area contributed by atoms with Crippen LogP contribution in [0.4, 0.5) is 0 Å². The van der Waals surface area contributed by atoms with Crippen molar-refractivity contribution in [2.45, 2.75) is 0 Å². The highest BCUT2D eigenvalue weighted by atomic mass is 16.5. The van der Waals surface area contributed by atoms with Gasteiger partial charge in [-0.3, -0.25) is 9.59 Å². The van der Waals surface area contributed by atoms with Crippen LogP contribution in [0.1, 0.15) is 11.1 Å². The van der Waals surface area contributed by atoms with Gasteiger partial charge in [0.2, 0.25) is 0 Å². The van der Waals surface area contributed by atoms with Crippen LogP contribution in [-0.2, 0) is 9.59 Å². The molecule has 2 amide bonds. The molecule has 4 N–H and O–H groups in total. The molecule has 0 aliphatic carbocycles. The monoisotopic (exact) mass is 464 g/mol. The summed E-state index contributed by atoms with van der Waals surface area (Å²) in [4.78, 5) is 21.8. The minimum absolute atomic E-state index is 0.131. The van der Waals surface area contributed by atoms with Crippen LogP contribution in [0, 0.1) is 22.7 Å². The van der Waals surface area contributed by atoms with Crippen LogP contribution in [0.3, 0.4) is 0 Å². The number of carbonyl (C=O) groups excluding carboxylic acids is 2. The van der Waals surface area contributed by atoms with Crippen LogP contribution < -0.4 is 30.4 Å². The molecule has 2 rings (SSSR count). The smallest absolute Gasteiger partial charge is 0.259 e. The van der Waals surface area contributed by atoms with Crippen LogP contribution in [0.15, 0.2) is 47.5 Å². The molecule has 0 radical (unpaired) electrons. The molecule has 176 valence electrons. The molecular formula is C24H24N4O6. The fraction of sp³-hybridized carbons (Fsp3) is 0.167. The Morgan fingerprint density at radius 3 is 1.29 bits per heavy atom. The summed E-state index contributed by atoms with van der Waals surface area (Å²) in [5, 5.41) is 17.5. The lowest BCUT2D eigenvalue weighted by molar-refractivity contribution is -0.115. The second-order valence-corrected chi connectivity index (χ2v) is 6.28. The van der Waals surface area contributed by atoms with E-state index in [2.05, 4.69) is 0 Å². The van der Waals surface area contributed by atoms with Gasteiger partial charge < -0.3 is 30.4 Å². The predicted molar refractivity (Wildman–Crippen MR) is 125 cm³/mol. The molecule has 0 saturated carbocycles. The van der Waals surface area contributed by atoms with Crippen molar-refractivity contribution < 1.29 is 28.5 Å². The van der Waals surface area contributed by atoms with Crippen LogP contribution in [0.25, 0.3) is 12.2 Å². The van der Waals surface area contributed by atoms with Crippen LogP contribution in [-0.4, -0.2) is 40.3 Å². The fourth-order valence-corrected chi connectivity index (χ4v) is 2.50. The average Bonchev–Trinajstić information content (AvgIpc) is 2.85. The van der Waals surface area contributed by atoms with Crippen molar-refractivity contribution in [1.29, 1.82) is 10.5 Å². The molecule has 0 spiro atoms.